The van der Waals surface area contributed by atoms with Gasteiger partial charge in [-0.15, -0.1) is 11.3 Å². The summed E-state index contributed by atoms with van der Waals surface area (Å²) in [5.74, 6) is -2.95. The fraction of sp³-hybridized carbons (Fsp3) is 0.160. The van der Waals surface area contributed by atoms with Gasteiger partial charge in [-0.05, 0) is 59.3 Å². The number of thiophene rings is 1. The number of alkyl halides is 3. The third kappa shape index (κ3) is 6.18. The molecular weight excluding hydrogens is 541 g/mol. The van der Waals surface area contributed by atoms with Crippen molar-refractivity contribution in [1.29, 1.82) is 0 Å². The molecule has 12 heteroatoms. The monoisotopic (exact) mass is 561 g/mol. The summed E-state index contributed by atoms with van der Waals surface area (Å²) in [6.45, 7) is 1.18. The van der Waals surface area contributed by atoms with Crippen LogP contribution in [0.25, 0.3) is 10.1 Å². The molecular formula is C25H20F4NNaO4S2. The zero-order chi connectivity index (χ0) is 25.5. The van der Waals surface area contributed by atoms with Crippen LogP contribution in [-0.2, 0) is 22.7 Å². The van der Waals surface area contributed by atoms with Gasteiger partial charge in [0, 0.05) is 4.70 Å². The number of carbonyl (C=O) groups is 1. The molecule has 0 amide bonds. The van der Waals surface area contributed by atoms with Crippen LogP contribution in [0.2, 0.25) is 0 Å². The van der Waals surface area contributed by atoms with E-state index in [0.29, 0.717) is 17.7 Å². The summed E-state index contributed by atoms with van der Waals surface area (Å²) in [7, 11) is -4.37. The molecule has 0 unspecified atom stereocenters. The van der Waals surface area contributed by atoms with Gasteiger partial charge in [-0.2, -0.15) is 13.2 Å². The summed E-state index contributed by atoms with van der Waals surface area (Å²) in [4.78, 5) is 10.8. The smallest absolute Gasteiger partial charge is 0.545 e. The van der Waals surface area contributed by atoms with Crippen LogP contribution >= 0.6 is 11.3 Å². The first-order chi connectivity index (χ1) is 16.4. The van der Waals surface area contributed by atoms with Gasteiger partial charge >= 0.3 is 35.7 Å². The molecule has 0 saturated heterocycles. The first-order valence-corrected chi connectivity index (χ1v) is 12.3. The first kappa shape index (κ1) is 30.8. The van der Waals surface area contributed by atoms with E-state index in [2.05, 4.69) is 0 Å². The minimum Gasteiger partial charge on any atom is -0.545 e. The van der Waals surface area contributed by atoms with Crippen molar-refractivity contribution in [2.24, 2.45) is 0 Å². The van der Waals surface area contributed by atoms with Crippen molar-refractivity contribution in [2.75, 3.05) is 4.31 Å². The molecule has 0 aliphatic carbocycles. The number of aryl methyl sites for hydroxylation is 1. The van der Waals surface area contributed by atoms with E-state index in [1.54, 1.807) is 31.2 Å². The Hall–Kier alpha value is -2.44. The SMILES string of the molecule is C.Cc1c(N(Cc2ccc(F)c(C(F)(F)F)c2)S(=O)(=O)c2ccc(C(=O)[O-])cc2)sc2ccccc12.[Na+]. The molecule has 37 heavy (non-hydrogen) atoms. The fourth-order valence-corrected chi connectivity index (χ4v) is 6.54. The molecule has 0 aliphatic heterocycles. The summed E-state index contributed by atoms with van der Waals surface area (Å²) in [5, 5.41) is 12.1. The topological polar surface area (TPSA) is 77.5 Å². The molecule has 3 aromatic carbocycles. The number of carbonyl (C=O) groups excluding carboxylic acids is 1. The van der Waals surface area contributed by atoms with E-state index in [-0.39, 0.29) is 58.0 Å². The van der Waals surface area contributed by atoms with E-state index < -0.39 is 40.1 Å². The van der Waals surface area contributed by atoms with Crippen molar-refractivity contribution in [3.63, 3.8) is 0 Å². The predicted octanol–water partition coefficient (Wildman–Crippen LogP) is 2.77. The second-order valence-corrected chi connectivity index (χ2v) is 10.6. The van der Waals surface area contributed by atoms with Crippen molar-refractivity contribution in [3.05, 3.63) is 94.8 Å². The molecule has 0 radical (unpaired) electrons. The molecule has 1 heterocycles. The minimum atomic E-state index is -4.96. The molecule has 4 aromatic rings. The number of rotatable bonds is 6. The molecule has 190 valence electrons. The Bertz CT molecular complexity index is 1530. The second kappa shape index (κ2) is 11.5. The van der Waals surface area contributed by atoms with Gasteiger partial charge in [0.15, 0.2) is 0 Å². The van der Waals surface area contributed by atoms with Gasteiger partial charge < -0.3 is 9.90 Å². The van der Waals surface area contributed by atoms with E-state index in [4.69, 9.17) is 0 Å². The number of nitrogens with zero attached hydrogens (tertiary/aromatic N) is 1. The number of carboxylic acids is 1. The number of sulfonamides is 1. The van der Waals surface area contributed by atoms with Gasteiger partial charge in [-0.3, -0.25) is 4.31 Å². The fourth-order valence-electron chi connectivity index (χ4n) is 3.61. The number of aromatic carboxylic acids is 1. The minimum absolute atomic E-state index is 0. The molecule has 0 bridgehead atoms. The van der Waals surface area contributed by atoms with E-state index in [1.807, 2.05) is 0 Å². The van der Waals surface area contributed by atoms with Crippen molar-refractivity contribution in [2.45, 2.75) is 32.0 Å². The number of hydrogen-bond acceptors (Lipinski definition) is 5. The number of anilines is 1. The number of halogens is 4. The van der Waals surface area contributed by atoms with Gasteiger partial charge in [0.2, 0.25) is 0 Å². The molecule has 0 aliphatic rings. The van der Waals surface area contributed by atoms with Crippen molar-refractivity contribution >= 4 is 42.4 Å². The van der Waals surface area contributed by atoms with Crippen LogP contribution < -0.4 is 39.0 Å². The molecule has 0 N–H and O–H groups in total. The van der Waals surface area contributed by atoms with Crippen LogP contribution in [0.5, 0.6) is 0 Å². The van der Waals surface area contributed by atoms with Crippen LogP contribution in [0.1, 0.15) is 34.5 Å². The van der Waals surface area contributed by atoms with Crippen molar-refractivity contribution < 1.29 is 65.4 Å². The number of fused-ring (bicyclic) bond motifs is 1. The van der Waals surface area contributed by atoms with Crippen LogP contribution in [0, 0.1) is 12.7 Å². The Morgan fingerprint density at radius 2 is 1.65 bits per heavy atom. The summed E-state index contributed by atoms with van der Waals surface area (Å²) in [6, 6.07) is 13.8. The van der Waals surface area contributed by atoms with Crippen molar-refractivity contribution in [3.8, 4) is 0 Å². The Morgan fingerprint density at radius 3 is 2.22 bits per heavy atom. The maximum Gasteiger partial charge on any atom is 1.00 e. The van der Waals surface area contributed by atoms with Crippen LogP contribution in [0.3, 0.4) is 0 Å². The third-order valence-corrected chi connectivity index (χ3v) is 8.56. The molecule has 0 atom stereocenters. The van der Waals surface area contributed by atoms with Gasteiger partial charge in [0.1, 0.15) is 10.8 Å². The summed E-state index contributed by atoms with van der Waals surface area (Å²) in [6.07, 6.45) is -4.96. The van der Waals surface area contributed by atoms with E-state index in [0.717, 1.165) is 56.1 Å². The summed E-state index contributed by atoms with van der Waals surface area (Å²) >= 11 is 1.14. The Kier molecular flexibility index (Phi) is 9.59. The molecule has 0 fully saturated rings. The number of hydrogen-bond donors (Lipinski definition) is 0. The van der Waals surface area contributed by atoms with Crippen LogP contribution in [-0.4, -0.2) is 14.4 Å². The standard InChI is InChI=1S/C24H17F4NO4S2.CH4.Na/c1-14-18-4-2-3-5-21(18)34-22(14)29(13-15-6-11-20(25)19(12-15)24(26,27)28)35(32,33)17-9-7-16(8-10-17)23(30)31;;/h2-12H,13H2,1H3,(H,30,31);1H4;/q;;+1/p-1. The third-order valence-electron chi connectivity index (χ3n) is 5.39. The zero-order valence-electron chi connectivity index (χ0n) is 19.0. The molecule has 0 spiro atoms. The molecule has 0 saturated carbocycles. The van der Waals surface area contributed by atoms with Gasteiger partial charge in [0.25, 0.3) is 10.0 Å². The predicted molar refractivity (Wildman–Crippen MR) is 129 cm³/mol. The Balaban J connectivity index is 0.00000241. The maximum absolute atomic E-state index is 13.8. The van der Waals surface area contributed by atoms with Crippen LogP contribution in [0.15, 0.2) is 71.6 Å². The van der Waals surface area contributed by atoms with Crippen LogP contribution in [0.4, 0.5) is 22.6 Å². The maximum atomic E-state index is 13.8. The average molecular weight is 562 g/mol. The zero-order valence-corrected chi connectivity index (χ0v) is 22.6. The van der Waals surface area contributed by atoms with Gasteiger partial charge in [-0.1, -0.05) is 43.8 Å². The Labute approximate surface area is 237 Å². The van der Waals surface area contributed by atoms with E-state index in [1.165, 1.54) is 0 Å². The van der Waals surface area contributed by atoms with Gasteiger partial charge in [-0.25, -0.2) is 12.8 Å². The first-order valence-electron chi connectivity index (χ1n) is 10.1. The second-order valence-electron chi connectivity index (χ2n) is 7.66. The Morgan fingerprint density at radius 1 is 1.03 bits per heavy atom. The normalized spacial score (nSPS) is 11.5. The van der Waals surface area contributed by atoms with E-state index >= 15 is 0 Å². The molecule has 1 aromatic heterocycles. The molecule has 5 nitrogen and oxygen atoms in total. The van der Waals surface area contributed by atoms with Gasteiger partial charge in [0.05, 0.1) is 23.0 Å². The quantitative estimate of drug-likeness (QED) is 0.268. The average Bonchev–Trinajstić information content (AvgIpc) is 3.13. The number of benzene rings is 3. The van der Waals surface area contributed by atoms with E-state index in [9.17, 15) is 35.9 Å². The summed E-state index contributed by atoms with van der Waals surface area (Å²) in [5.41, 5.74) is -1.22. The molecule has 4 rings (SSSR count). The number of carboxylic acid groups (broad SMARTS) is 1. The summed E-state index contributed by atoms with van der Waals surface area (Å²) < 4.78 is 82.7. The largest absolute Gasteiger partial charge is 1.00 e. The van der Waals surface area contributed by atoms with Crippen molar-refractivity contribution in [1.82, 2.24) is 0 Å².